The lowest BCUT2D eigenvalue weighted by Crippen LogP contribution is -2.47. The summed E-state index contributed by atoms with van der Waals surface area (Å²) >= 11 is 5.84. The Hall–Kier alpha value is -1.35. The quantitative estimate of drug-likeness (QED) is 0.345. The van der Waals surface area contributed by atoms with Crippen LogP contribution in [-0.2, 0) is 19.9 Å². The second-order valence-corrected chi connectivity index (χ2v) is 15.8. The second-order valence-electron chi connectivity index (χ2n) is 8.24. The Labute approximate surface area is 176 Å². The predicted molar refractivity (Wildman–Crippen MR) is 111 cm³/mol. The molecule has 9 heteroatoms. The Bertz CT molecular complexity index is 937. The van der Waals surface area contributed by atoms with Crippen molar-refractivity contribution in [3.63, 3.8) is 0 Å². The van der Waals surface area contributed by atoms with E-state index in [1.54, 1.807) is 6.92 Å². The molecule has 0 bridgehead atoms. The fraction of sp³-hybridized carbons (Fsp3) is 0.400. The van der Waals surface area contributed by atoms with Crippen molar-refractivity contribution in [3.8, 4) is 0 Å². The molecule has 0 saturated heterocycles. The number of alkyl halides is 3. The van der Waals surface area contributed by atoms with Gasteiger partial charge in [-0.3, -0.25) is 0 Å². The van der Waals surface area contributed by atoms with Crippen LogP contribution < -0.4 is 0 Å². The van der Waals surface area contributed by atoms with Gasteiger partial charge in [-0.15, -0.1) is 0 Å². The molecule has 0 aliphatic rings. The first-order chi connectivity index (χ1) is 13.2. The first-order valence-corrected chi connectivity index (χ1v) is 14.5. The molecule has 0 spiro atoms. The average molecular weight is 465 g/mol. The van der Waals surface area contributed by atoms with Gasteiger partial charge in [-0.1, -0.05) is 67.1 Å². The highest BCUT2D eigenvalue weighted by molar-refractivity contribution is 7.86. The smallest absolute Gasteiger partial charge is 0.245 e. The molecule has 0 heterocycles. The number of rotatable bonds is 7. The highest BCUT2D eigenvalue weighted by atomic mass is 35.5. The number of benzene rings is 2. The molecular weight excluding hydrogens is 441 g/mol. The van der Waals surface area contributed by atoms with Gasteiger partial charge in [0.2, 0.25) is 5.60 Å². The molecule has 0 fully saturated rings. The van der Waals surface area contributed by atoms with Gasteiger partial charge in [0.15, 0.2) is 0 Å². The van der Waals surface area contributed by atoms with E-state index in [0.29, 0.717) is 0 Å². The lowest BCUT2D eigenvalue weighted by molar-refractivity contribution is -0.254. The topological polar surface area (TPSA) is 43.4 Å². The van der Waals surface area contributed by atoms with E-state index >= 15 is 0 Å². The second kappa shape index (κ2) is 8.41. The Balaban J connectivity index is 2.63. The minimum absolute atomic E-state index is 0.221. The summed E-state index contributed by atoms with van der Waals surface area (Å²) in [6.45, 7) is 7.51. The molecule has 0 aliphatic carbocycles. The van der Waals surface area contributed by atoms with Crippen molar-refractivity contribution in [3.05, 3.63) is 64.7 Å². The molecule has 0 amide bonds. The minimum Gasteiger partial charge on any atom is -0.245 e. The van der Waals surface area contributed by atoms with Crippen LogP contribution in [0.5, 0.6) is 0 Å². The van der Waals surface area contributed by atoms with Gasteiger partial charge in [-0.25, -0.2) is 4.18 Å². The Morgan fingerprint density at radius 3 is 1.93 bits per heavy atom. The largest absolute Gasteiger partial charge is 0.423 e. The maximum Gasteiger partial charge on any atom is 0.423 e. The van der Waals surface area contributed by atoms with Crippen LogP contribution in [0.4, 0.5) is 13.2 Å². The molecule has 0 N–H and O–H groups in total. The summed E-state index contributed by atoms with van der Waals surface area (Å²) in [6, 6.07) is 10.7. The van der Waals surface area contributed by atoms with Gasteiger partial charge in [0, 0.05) is 13.1 Å². The highest BCUT2D eigenvalue weighted by Gasteiger charge is 2.60. The molecular formula is C20H24ClF3O3SSi. The van der Waals surface area contributed by atoms with Crippen LogP contribution in [0.25, 0.3) is 0 Å². The van der Waals surface area contributed by atoms with Crippen LogP contribution in [0.3, 0.4) is 0 Å². The highest BCUT2D eigenvalue weighted by Crippen LogP contribution is 2.48. The number of hydrogen-bond acceptors (Lipinski definition) is 3. The van der Waals surface area contributed by atoms with Crippen LogP contribution in [0, 0.1) is 6.92 Å². The molecule has 2 rings (SSSR count). The minimum atomic E-state index is -4.96. The van der Waals surface area contributed by atoms with Crippen molar-refractivity contribution in [1.29, 1.82) is 0 Å². The maximum atomic E-state index is 14.4. The summed E-state index contributed by atoms with van der Waals surface area (Å²) in [4.78, 5) is -0.321. The number of aryl methyl sites for hydroxylation is 1. The zero-order chi connectivity index (χ0) is 22.1. The lowest BCUT2D eigenvalue weighted by atomic mass is 9.90. The molecule has 2 aromatic carbocycles. The molecule has 0 radical (unpaired) electrons. The zero-order valence-corrected chi connectivity index (χ0v) is 19.3. The van der Waals surface area contributed by atoms with E-state index in [4.69, 9.17) is 15.8 Å². The molecule has 1 atom stereocenters. The van der Waals surface area contributed by atoms with Gasteiger partial charge in [0.05, 0.1) is 4.90 Å². The molecule has 0 saturated carbocycles. The molecule has 3 nitrogen and oxygen atoms in total. The fourth-order valence-electron chi connectivity index (χ4n) is 2.80. The standard InChI is InChI=1S/C20H24ClF3O3SSi/c1-15-5-11-18(12-6-15)28(25,26)27-19(20(22,23)24,13-14-29(2,3)4)16-7-9-17(21)10-8-16/h5-12H,13-14H2,1-4H3. The van der Waals surface area contributed by atoms with Gasteiger partial charge in [0.25, 0.3) is 10.1 Å². The van der Waals surface area contributed by atoms with E-state index < -0.39 is 36.4 Å². The van der Waals surface area contributed by atoms with E-state index in [2.05, 4.69) is 0 Å². The van der Waals surface area contributed by atoms with Crippen molar-refractivity contribution in [2.75, 3.05) is 0 Å². The Morgan fingerprint density at radius 2 is 1.48 bits per heavy atom. The van der Waals surface area contributed by atoms with E-state index in [-0.39, 0.29) is 21.5 Å². The van der Waals surface area contributed by atoms with Crippen LogP contribution in [0.1, 0.15) is 17.5 Å². The van der Waals surface area contributed by atoms with Crippen molar-refractivity contribution >= 4 is 29.8 Å². The van der Waals surface area contributed by atoms with E-state index in [1.807, 2.05) is 19.6 Å². The lowest BCUT2D eigenvalue weighted by Gasteiger charge is -2.36. The van der Waals surface area contributed by atoms with E-state index in [0.717, 1.165) is 5.56 Å². The third kappa shape index (κ3) is 5.84. The summed E-state index contributed by atoms with van der Waals surface area (Å²) < 4.78 is 74.1. The summed E-state index contributed by atoms with van der Waals surface area (Å²) in [5, 5.41) is 0.247. The van der Waals surface area contributed by atoms with Crippen LogP contribution in [0.15, 0.2) is 53.4 Å². The fourth-order valence-corrected chi connectivity index (χ4v) is 5.24. The van der Waals surface area contributed by atoms with Gasteiger partial charge in [0.1, 0.15) is 0 Å². The molecule has 0 aromatic heterocycles. The van der Waals surface area contributed by atoms with E-state index in [1.165, 1.54) is 48.5 Å². The van der Waals surface area contributed by atoms with Gasteiger partial charge in [-0.05, 0) is 43.2 Å². The third-order valence-corrected chi connectivity index (χ3v) is 7.91. The van der Waals surface area contributed by atoms with Gasteiger partial charge < -0.3 is 0 Å². The van der Waals surface area contributed by atoms with Crippen LogP contribution in [0.2, 0.25) is 30.7 Å². The average Bonchev–Trinajstić information content (AvgIpc) is 2.58. The van der Waals surface area contributed by atoms with Crippen molar-refractivity contribution in [2.24, 2.45) is 0 Å². The predicted octanol–water partition coefficient (Wildman–Crippen LogP) is 6.54. The zero-order valence-electron chi connectivity index (χ0n) is 16.7. The molecule has 29 heavy (non-hydrogen) atoms. The molecule has 160 valence electrons. The Morgan fingerprint density at radius 1 is 0.966 bits per heavy atom. The summed E-state index contributed by atoms with van der Waals surface area (Å²) in [6.07, 6.45) is -5.46. The summed E-state index contributed by atoms with van der Waals surface area (Å²) in [7, 11) is -6.63. The van der Waals surface area contributed by atoms with E-state index in [9.17, 15) is 21.6 Å². The summed E-state index contributed by atoms with van der Waals surface area (Å²) in [5.41, 5.74) is -2.51. The first kappa shape index (κ1) is 23.9. The molecule has 2 aromatic rings. The van der Waals surface area contributed by atoms with Crippen LogP contribution in [-0.4, -0.2) is 22.7 Å². The number of halogens is 4. The van der Waals surface area contributed by atoms with Crippen molar-refractivity contribution in [2.45, 2.75) is 55.7 Å². The SMILES string of the molecule is Cc1ccc(S(=O)(=O)OC(CC[Si](C)(C)C)(c2ccc(Cl)cc2)C(F)(F)F)cc1. The third-order valence-electron chi connectivity index (χ3n) is 4.56. The van der Waals surface area contributed by atoms with Crippen molar-refractivity contribution in [1.82, 2.24) is 0 Å². The first-order valence-electron chi connectivity index (χ1n) is 9.01. The van der Waals surface area contributed by atoms with Crippen molar-refractivity contribution < 1.29 is 25.8 Å². The monoisotopic (exact) mass is 464 g/mol. The molecule has 1 unspecified atom stereocenters. The Kier molecular flexibility index (Phi) is 6.94. The molecule has 0 aliphatic heterocycles. The van der Waals surface area contributed by atoms with Gasteiger partial charge >= 0.3 is 6.18 Å². The number of hydrogen-bond donors (Lipinski definition) is 0. The normalized spacial score (nSPS) is 15.2. The maximum absolute atomic E-state index is 14.4. The van der Waals surface area contributed by atoms with Crippen LogP contribution >= 0.6 is 11.6 Å². The van der Waals surface area contributed by atoms with Gasteiger partial charge in [-0.2, -0.15) is 21.6 Å². The summed E-state index contributed by atoms with van der Waals surface area (Å²) in [5.74, 6) is 0.